The highest BCUT2D eigenvalue weighted by atomic mass is 16.2. The lowest BCUT2D eigenvalue weighted by Crippen LogP contribution is -2.54. The first kappa shape index (κ1) is 17.7. The van der Waals surface area contributed by atoms with Gasteiger partial charge in [0, 0.05) is 45.8 Å². The number of hydrogen-bond acceptors (Lipinski definition) is 3. The first-order valence-corrected chi connectivity index (χ1v) is 9.29. The summed E-state index contributed by atoms with van der Waals surface area (Å²) in [5.74, 6) is 0.0414. The Bertz CT molecular complexity index is 564. The average Bonchev–Trinajstić information content (AvgIpc) is 2.68. The molecule has 1 N–H and O–H groups in total. The molecule has 2 heterocycles. The molecule has 1 aromatic carbocycles. The Morgan fingerprint density at radius 3 is 2.16 bits per heavy atom. The van der Waals surface area contributed by atoms with Gasteiger partial charge in [-0.1, -0.05) is 30.3 Å². The predicted octanol–water partition coefficient (Wildman–Crippen LogP) is 1.53. The molecule has 2 aliphatic rings. The minimum atomic E-state index is 0.0414. The van der Waals surface area contributed by atoms with E-state index >= 15 is 0 Å². The van der Waals surface area contributed by atoms with Gasteiger partial charge >= 0.3 is 6.03 Å². The molecule has 0 radical (unpaired) electrons. The van der Waals surface area contributed by atoms with E-state index in [9.17, 15) is 9.59 Å². The van der Waals surface area contributed by atoms with Gasteiger partial charge in [0.25, 0.3) is 0 Å². The Hall–Kier alpha value is -2.08. The van der Waals surface area contributed by atoms with Crippen LogP contribution in [0, 0.1) is 0 Å². The number of carbonyl (C=O) groups is 2. The number of carbonyl (C=O) groups excluding carboxylic acids is 2. The Labute approximate surface area is 149 Å². The van der Waals surface area contributed by atoms with Crippen LogP contribution < -0.4 is 5.32 Å². The molecule has 0 aromatic heterocycles. The van der Waals surface area contributed by atoms with Gasteiger partial charge in [0.15, 0.2) is 0 Å². The number of amides is 3. The molecular formula is C19H28N4O2. The Morgan fingerprint density at radius 2 is 1.48 bits per heavy atom. The highest BCUT2D eigenvalue weighted by Gasteiger charge is 2.26. The SMILES string of the molecule is O=C(CN1CCN(C(=O)N2CCCCC2)CC1)NCc1ccccc1. The van der Waals surface area contributed by atoms with Crippen molar-refractivity contribution in [1.29, 1.82) is 0 Å². The number of likely N-dealkylation sites (tertiary alicyclic amines) is 1. The normalized spacial score (nSPS) is 18.9. The second kappa shape index (κ2) is 8.85. The monoisotopic (exact) mass is 344 g/mol. The summed E-state index contributed by atoms with van der Waals surface area (Å²) in [5.41, 5.74) is 1.10. The molecular weight excluding hydrogens is 316 g/mol. The van der Waals surface area contributed by atoms with Gasteiger partial charge in [0.05, 0.1) is 6.54 Å². The van der Waals surface area contributed by atoms with Crippen molar-refractivity contribution in [3.05, 3.63) is 35.9 Å². The number of nitrogens with one attached hydrogen (secondary N) is 1. The van der Waals surface area contributed by atoms with Crippen LogP contribution >= 0.6 is 0 Å². The molecule has 2 fully saturated rings. The smallest absolute Gasteiger partial charge is 0.320 e. The van der Waals surface area contributed by atoms with Crippen LogP contribution in [0.1, 0.15) is 24.8 Å². The topological polar surface area (TPSA) is 55.9 Å². The fraction of sp³-hybridized carbons (Fsp3) is 0.579. The van der Waals surface area contributed by atoms with Gasteiger partial charge in [-0.05, 0) is 24.8 Å². The summed E-state index contributed by atoms with van der Waals surface area (Å²) in [4.78, 5) is 30.6. The summed E-state index contributed by atoms with van der Waals surface area (Å²) < 4.78 is 0. The third kappa shape index (κ3) is 5.19. The highest BCUT2D eigenvalue weighted by Crippen LogP contribution is 2.12. The number of piperazine rings is 1. The lowest BCUT2D eigenvalue weighted by atomic mass is 10.1. The summed E-state index contributed by atoms with van der Waals surface area (Å²) in [5, 5.41) is 2.96. The van der Waals surface area contributed by atoms with Crippen molar-refractivity contribution in [1.82, 2.24) is 20.0 Å². The van der Waals surface area contributed by atoms with Crippen LogP contribution in [-0.4, -0.2) is 72.5 Å². The Kier molecular flexibility index (Phi) is 6.28. The molecule has 136 valence electrons. The van der Waals surface area contributed by atoms with E-state index in [1.54, 1.807) is 0 Å². The van der Waals surface area contributed by atoms with E-state index in [2.05, 4.69) is 10.2 Å². The van der Waals surface area contributed by atoms with E-state index in [0.717, 1.165) is 44.6 Å². The molecule has 0 atom stereocenters. The molecule has 0 saturated carbocycles. The van der Waals surface area contributed by atoms with E-state index in [1.165, 1.54) is 6.42 Å². The standard InChI is InChI=1S/C19H28N4O2/c24-18(20-15-17-7-3-1-4-8-17)16-21-11-13-23(14-12-21)19(25)22-9-5-2-6-10-22/h1,3-4,7-8H,2,5-6,9-16H2,(H,20,24). The summed E-state index contributed by atoms with van der Waals surface area (Å²) >= 11 is 0. The largest absolute Gasteiger partial charge is 0.351 e. The third-order valence-electron chi connectivity index (χ3n) is 4.97. The zero-order chi connectivity index (χ0) is 17.5. The van der Waals surface area contributed by atoms with Crippen molar-refractivity contribution in [3.63, 3.8) is 0 Å². The summed E-state index contributed by atoms with van der Waals surface area (Å²) in [6.07, 6.45) is 3.47. The number of urea groups is 1. The molecule has 1 aromatic rings. The van der Waals surface area contributed by atoms with Crippen LogP contribution in [0.5, 0.6) is 0 Å². The third-order valence-corrected chi connectivity index (χ3v) is 4.97. The molecule has 3 rings (SSSR count). The number of hydrogen-bond donors (Lipinski definition) is 1. The van der Waals surface area contributed by atoms with Crippen molar-refractivity contribution in [2.24, 2.45) is 0 Å². The fourth-order valence-electron chi connectivity index (χ4n) is 3.44. The van der Waals surface area contributed by atoms with Crippen LogP contribution in [-0.2, 0) is 11.3 Å². The minimum Gasteiger partial charge on any atom is -0.351 e. The molecule has 2 saturated heterocycles. The second-order valence-electron chi connectivity index (χ2n) is 6.86. The zero-order valence-electron chi connectivity index (χ0n) is 14.8. The van der Waals surface area contributed by atoms with Gasteiger partial charge < -0.3 is 15.1 Å². The summed E-state index contributed by atoms with van der Waals surface area (Å²) in [6, 6.07) is 10.1. The molecule has 0 aliphatic carbocycles. The molecule has 6 heteroatoms. The molecule has 3 amide bonds. The van der Waals surface area contributed by atoms with Crippen molar-refractivity contribution in [2.45, 2.75) is 25.8 Å². The summed E-state index contributed by atoms with van der Waals surface area (Å²) in [6.45, 7) is 5.69. The van der Waals surface area contributed by atoms with Gasteiger partial charge in [0.1, 0.15) is 0 Å². The van der Waals surface area contributed by atoms with Gasteiger partial charge in [-0.3, -0.25) is 9.69 Å². The molecule has 0 unspecified atom stereocenters. The molecule has 2 aliphatic heterocycles. The quantitative estimate of drug-likeness (QED) is 0.901. The number of benzene rings is 1. The molecule has 6 nitrogen and oxygen atoms in total. The second-order valence-corrected chi connectivity index (χ2v) is 6.86. The number of rotatable bonds is 4. The number of piperidine rings is 1. The van der Waals surface area contributed by atoms with Crippen LogP contribution in [0.2, 0.25) is 0 Å². The fourth-order valence-corrected chi connectivity index (χ4v) is 3.44. The van der Waals surface area contributed by atoms with Crippen molar-refractivity contribution in [3.8, 4) is 0 Å². The van der Waals surface area contributed by atoms with Gasteiger partial charge in [-0.2, -0.15) is 0 Å². The van der Waals surface area contributed by atoms with E-state index in [4.69, 9.17) is 0 Å². The van der Waals surface area contributed by atoms with E-state index in [-0.39, 0.29) is 11.9 Å². The first-order chi connectivity index (χ1) is 12.2. The van der Waals surface area contributed by atoms with Gasteiger partial charge in [-0.25, -0.2) is 4.79 Å². The summed E-state index contributed by atoms with van der Waals surface area (Å²) in [7, 11) is 0. The Morgan fingerprint density at radius 1 is 0.840 bits per heavy atom. The predicted molar refractivity (Wildman–Crippen MR) is 97.1 cm³/mol. The van der Waals surface area contributed by atoms with Gasteiger partial charge in [-0.15, -0.1) is 0 Å². The van der Waals surface area contributed by atoms with Crippen LogP contribution in [0.4, 0.5) is 4.79 Å². The molecule has 0 spiro atoms. The van der Waals surface area contributed by atoms with Crippen LogP contribution in [0.3, 0.4) is 0 Å². The maximum atomic E-state index is 12.5. The molecule has 25 heavy (non-hydrogen) atoms. The zero-order valence-corrected chi connectivity index (χ0v) is 14.8. The van der Waals surface area contributed by atoms with Crippen molar-refractivity contribution >= 4 is 11.9 Å². The van der Waals surface area contributed by atoms with E-state index < -0.39 is 0 Å². The van der Waals surface area contributed by atoms with E-state index in [1.807, 2.05) is 40.1 Å². The first-order valence-electron chi connectivity index (χ1n) is 9.29. The van der Waals surface area contributed by atoms with E-state index in [0.29, 0.717) is 26.2 Å². The number of nitrogens with zero attached hydrogens (tertiary/aromatic N) is 3. The lowest BCUT2D eigenvalue weighted by molar-refractivity contribution is -0.122. The average molecular weight is 344 g/mol. The minimum absolute atomic E-state index is 0.0414. The van der Waals surface area contributed by atoms with Crippen molar-refractivity contribution < 1.29 is 9.59 Å². The Balaban J connectivity index is 1.37. The maximum Gasteiger partial charge on any atom is 0.320 e. The molecule has 0 bridgehead atoms. The van der Waals surface area contributed by atoms with Crippen LogP contribution in [0.15, 0.2) is 30.3 Å². The van der Waals surface area contributed by atoms with Gasteiger partial charge in [0.2, 0.25) is 5.91 Å². The lowest BCUT2D eigenvalue weighted by Gasteiger charge is -2.38. The van der Waals surface area contributed by atoms with Crippen molar-refractivity contribution in [2.75, 3.05) is 45.8 Å². The maximum absolute atomic E-state index is 12.5. The highest BCUT2D eigenvalue weighted by molar-refractivity contribution is 5.78. The van der Waals surface area contributed by atoms with Crippen LogP contribution in [0.25, 0.3) is 0 Å².